The maximum Gasteiger partial charge on any atom is 0.337 e. The number of carbonyl (C=O) groups is 1. The number of hydrogen-bond acceptors (Lipinski definition) is 5. The van der Waals surface area contributed by atoms with Crippen molar-refractivity contribution in [3.63, 3.8) is 0 Å². The first-order chi connectivity index (χ1) is 13.0. The highest BCUT2D eigenvalue weighted by molar-refractivity contribution is 5.78. The molecule has 2 unspecified atom stereocenters. The summed E-state index contributed by atoms with van der Waals surface area (Å²) < 4.78 is 5.52. The molecule has 6 nitrogen and oxygen atoms in total. The van der Waals surface area contributed by atoms with E-state index >= 15 is 0 Å². The van der Waals surface area contributed by atoms with Crippen molar-refractivity contribution in [1.29, 1.82) is 0 Å². The number of carboxylic acid groups (broad SMARTS) is 1. The van der Waals surface area contributed by atoms with E-state index in [-0.39, 0.29) is 13.0 Å². The molecule has 0 spiro atoms. The summed E-state index contributed by atoms with van der Waals surface area (Å²) in [7, 11) is 0. The van der Waals surface area contributed by atoms with Gasteiger partial charge in [-0.1, -0.05) is 32.1 Å². The van der Waals surface area contributed by atoms with E-state index in [1.165, 1.54) is 32.1 Å². The van der Waals surface area contributed by atoms with Crippen molar-refractivity contribution in [2.75, 3.05) is 13.2 Å². The maximum atomic E-state index is 11.7. The van der Waals surface area contributed by atoms with Gasteiger partial charge in [0, 0.05) is 24.9 Å². The van der Waals surface area contributed by atoms with Crippen LogP contribution in [0.15, 0.2) is 18.3 Å². The molecule has 0 aromatic carbocycles. The summed E-state index contributed by atoms with van der Waals surface area (Å²) in [6, 6.07) is 2.84. The van der Waals surface area contributed by atoms with Crippen LogP contribution in [0.25, 0.3) is 0 Å². The van der Waals surface area contributed by atoms with Crippen LogP contribution in [0.1, 0.15) is 56.2 Å². The Morgan fingerprint density at radius 1 is 1.30 bits per heavy atom. The SMILES string of the molecule is NC(COCCC1CC1)C(O)(Cc1cc(CCCC2CC2)ccn1)C(=O)O. The smallest absolute Gasteiger partial charge is 0.337 e. The molecular formula is C21H32N2O4. The van der Waals surface area contributed by atoms with E-state index in [9.17, 15) is 15.0 Å². The summed E-state index contributed by atoms with van der Waals surface area (Å²) in [5.41, 5.74) is 5.60. The van der Waals surface area contributed by atoms with E-state index in [4.69, 9.17) is 10.5 Å². The van der Waals surface area contributed by atoms with Crippen molar-refractivity contribution in [3.05, 3.63) is 29.6 Å². The highest BCUT2D eigenvalue weighted by atomic mass is 16.5. The van der Waals surface area contributed by atoms with Crippen LogP contribution in [0.3, 0.4) is 0 Å². The minimum atomic E-state index is -2.08. The van der Waals surface area contributed by atoms with E-state index in [1.807, 2.05) is 12.1 Å². The summed E-state index contributed by atoms with van der Waals surface area (Å²) in [6.07, 6.45) is 11.1. The zero-order valence-corrected chi connectivity index (χ0v) is 16.0. The van der Waals surface area contributed by atoms with Gasteiger partial charge in [0.1, 0.15) is 0 Å². The van der Waals surface area contributed by atoms with Crippen molar-refractivity contribution in [1.82, 2.24) is 4.98 Å². The Kier molecular flexibility index (Phi) is 6.84. The van der Waals surface area contributed by atoms with Crippen LogP contribution < -0.4 is 5.73 Å². The van der Waals surface area contributed by atoms with Gasteiger partial charge in [-0.2, -0.15) is 0 Å². The average Bonchev–Trinajstić information content (AvgIpc) is 3.53. The van der Waals surface area contributed by atoms with Crippen molar-refractivity contribution >= 4 is 5.97 Å². The third kappa shape index (κ3) is 6.26. The van der Waals surface area contributed by atoms with Gasteiger partial charge in [0.2, 0.25) is 0 Å². The minimum Gasteiger partial charge on any atom is -0.479 e. The zero-order chi connectivity index (χ0) is 19.3. The van der Waals surface area contributed by atoms with Gasteiger partial charge in [-0.05, 0) is 48.8 Å². The van der Waals surface area contributed by atoms with Crippen molar-refractivity contribution < 1.29 is 19.7 Å². The number of ether oxygens (including phenoxy) is 1. The summed E-state index contributed by atoms with van der Waals surface area (Å²) >= 11 is 0. The third-order valence-corrected chi connectivity index (χ3v) is 5.75. The molecule has 150 valence electrons. The number of aliphatic hydroxyl groups is 1. The van der Waals surface area contributed by atoms with Crippen molar-refractivity contribution in [2.24, 2.45) is 17.6 Å². The fourth-order valence-corrected chi connectivity index (χ4v) is 3.43. The summed E-state index contributed by atoms with van der Waals surface area (Å²) in [5, 5.41) is 20.3. The Morgan fingerprint density at radius 2 is 2.00 bits per heavy atom. The van der Waals surface area contributed by atoms with E-state index in [1.54, 1.807) is 6.20 Å². The first-order valence-electron chi connectivity index (χ1n) is 10.2. The molecule has 0 radical (unpaired) electrons. The van der Waals surface area contributed by atoms with Gasteiger partial charge in [0.05, 0.1) is 12.6 Å². The van der Waals surface area contributed by atoms with Crippen LogP contribution in [-0.4, -0.2) is 46.0 Å². The molecule has 2 saturated carbocycles. The Bertz CT molecular complexity index is 630. The van der Waals surface area contributed by atoms with Gasteiger partial charge >= 0.3 is 5.97 Å². The molecule has 2 aliphatic rings. The molecule has 6 heteroatoms. The highest BCUT2D eigenvalue weighted by Crippen LogP contribution is 2.34. The van der Waals surface area contributed by atoms with Gasteiger partial charge in [0.15, 0.2) is 5.60 Å². The summed E-state index contributed by atoms with van der Waals surface area (Å²) in [6.45, 7) is 0.583. The lowest BCUT2D eigenvalue weighted by molar-refractivity contribution is -0.162. The van der Waals surface area contributed by atoms with E-state index < -0.39 is 17.6 Å². The maximum absolute atomic E-state index is 11.7. The van der Waals surface area contributed by atoms with E-state index in [0.29, 0.717) is 12.3 Å². The molecule has 0 aliphatic heterocycles. The molecule has 1 aromatic heterocycles. The standard InChI is InChI=1S/C21H32N2O4/c22-19(14-27-11-9-16-6-7-16)21(26,20(24)25)13-18-12-17(8-10-23-18)3-1-2-15-4-5-15/h8,10,12,15-16,19,26H,1-7,9,11,13-14,22H2,(H,24,25). The fraction of sp³-hybridized carbons (Fsp3) is 0.714. The molecule has 2 aliphatic carbocycles. The molecule has 0 saturated heterocycles. The Morgan fingerprint density at radius 3 is 2.67 bits per heavy atom. The quantitative estimate of drug-likeness (QED) is 0.456. The molecule has 2 fully saturated rings. The predicted octanol–water partition coefficient (Wildman–Crippen LogP) is 2.32. The number of rotatable bonds is 13. The Hall–Kier alpha value is -1.50. The lowest BCUT2D eigenvalue weighted by Crippen LogP contribution is -2.57. The van der Waals surface area contributed by atoms with Crippen LogP contribution >= 0.6 is 0 Å². The van der Waals surface area contributed by atoms with Gasteiger partial charge in [0.25, 0.3) is 0 Å². The first-order valence-corrected chi connectivity index (χ1v) is 10.2. The van der Waals surface area contributed by atoms with Gasteiger partial charge in [-0.3, -0.25) is 4.98 Å². The molecular weight excluding hydrogens is 344 g/mol. The lowest BCUT2D eigenvalue weighted by atomic mass is 9.89. The summed E-state index contributed by atoms with van der Waals surface area (Å²) in [5.74, 6) is 0.314. The second kappa shape index (κ2) is 9.13. The molecule has 0 amide bonds. The van der Waals surface area contributed by atoms with Crippen molar-refractivity contribution in [2.45, 2.75) is 69.4 Å². The second-order valence-electron chi connectivity index (χ2n) is 8.31. The van der Waals surface area contributed by atoms with Crippen LogP contribution in [0, 0.1) is 11.8 Å². The normalized spacial score (nSPS) is 20.2. The van der Waals surface area contributed by atoms with Crippen LogP contribution in [0.2, 0.25) is 0 Å². The molecule has 27 heavy (non-hydrogen) atoms. The largest absolute Gasteiger partial charge is 0.479 e. The van der Waals surface area contributed by atoms with Gasteiger partial charge < -0.3 is 20.7 Å². The Labute approximate surface area is 161 Å². The number of aliphatic carboxylic acids is 1. The summed E-state index contributed by atoms with van der Waals surface area (Å²) in [4.78, 5) is 16.0. The molecule has 2 atom stereocenters. The minimum absolute atomic E-state index is 0.0244. The zero-order valence-electron chi connectivity index (χ0n) is 16.0. The van der Waals surface area contributed by atoms with Gasteiger partial charge in [-0.25, -0.2) is 4.79 Å². The number of nitrogens with two attached hydrogens (primary N) is 1. The van der Waals surface area contributed by atoms with Crippen LogP contribution in [0.4, 0.5) is 0 Å². The molecule has 0 bridgehead atoms. The monoisotopic (exact) mass is 376 g/mol. The van der Waals surface area contributed by atoms with Crippen LogP contribution in [0.5, 0.6) is 0 Å². The van der Waals surface area contributed by atoms with E-state index in [0.717, 1.165) is 36.7 Å². The lowest BCUT2D eigenvalue weighted by Gasteiger charge is -2.29. The number of aromatic nitrogens is 1. The number of nitrogens with zero attached hydrogens (tertiary/aromatic N) is 1. The molecule has 3 rings (SSSR count). The first kappa shape index (κ1) is 20.2. The van der Waals surface area contributed by atoms with Crippen LogP contribution in [-0.2, 0) is 22.4 Å². The molecule has 4 N–H and O–H groups in total. The van der Waals surface area contributed by atoms with Gasteiger partial charge in [-0.15, -0.1) is 0 Å². The fourth-order valence-electron chi connectivity index (χ4n) is 3.43. The Balaban J connectivity index is 1.53. The predicted molar refractivity (Wildman–Crippen MR) is 102 cm³/mol. The highest BCUT2D eigenvalue weighted by Gasteiger charge is 2.43. The molecule has 1 aromatic rings. The third-order valence-electron chi connectivity index (χ3n) is 5.75. The average molecular weight is 376 g/mol. The van der Waals surface area contributed by atoms with E-state index in [2.05, 4.69) is 4.98 Å². The number of hydrogen-bond donors (Lipinski definition) is 3. The molecule has 1 heterocycles. The topological polar surface area (TPSA) is 106 Å². The van der Waals surface area contributed by atoms with Crippen molar-refractivity contribution in [3.8, 4) is 0 Å². The number of pyridine rings is 1. The number of aryl methyl sites for hydroxylation is 1. The number of carboxylic acids is 1. The second-order valence-corrected chi connectivity index (χ2v) is 8.31.